The predicted octanol–water partition coefficient (Wildman–Crippen LogP) is 1.55. The van der Waals surface area contributed by atoms with E-state index in [1.165, 1.54) is 19.1 Å². The number of carbonyl (C=O) groups is 1. The maximum absolute atomic E-state index is 12.0. The van der Waals surface area contributed by atoms with Crippen LogP contribution in [0.2, 0.25) is 0 Å². The smallest absolute Gasteiger partial charge is 0.334 e. The van der Waals surface area contributed by atoms with Crippen LogP contribution in [0.15, 0.2) is 23.3 Å². The Hall–Kier alpha value is -1.09. The van der Waals surface area contributed by atoms with Crippen molar-refractivity contribution < 1.29 is 14.3 Å². The van der Waals surface area contributed by atoms with Crippen LogP contribution in [0.25, 0.3) is 0 Å². The first-order chi connectivity index (χ1) is 8.77. The first kappa shape index (κ1) is 9.79. The van der Waals surface area contributed by atoms with Crippen LogP contribution in [0, 0.1) is 35.0 Å². The molecule has 0 amide bonds. The van der Waals surface area contributed by atoms with Crippen LogP contribution in [0.5, 0.6) is 0 Å². The van der Waals surface area contributed by atoms with Gasteiger partial charge in [0.05, 0.1) is 20.3 Å². The van der Waals surface area contributed by atoms with Crippen molar-refractivity contribution in [1.29, 1.82) is 0 Å². The summed E-state index contributed by atoms with van der Waals surface area (Å²) in [6.45, 7) is 1.68. The normalized spacial score (nSPS) is 53.5. The molecule has 3 fully saturated rings. The summed E-state index contributed by atoms with van der Waals surface area (Å²) in [6, 6.07) is 0. The van der Waals surface area contributed by atoms with Gasteiger partial charge in [0.1, 0.15) is 0 Å². The quantitative estimate of drug-likeness (QED) is 0.518. The zero-order valence-corrected chi connectivity index (χ0v) is 10.4. The molecule has 0 radical (unpaired) electrons. The summed E-state index contributed by atoms with van der Waals surface area (Å²) in [5, 5.41) is 0. The van der Waals surface area contributed by atoms with Crippen molar-refractivity contribution in [2.75, 3.05) is 20.3 Å². The van der Waals surface area contributed by atoms with Crippen LogP contribution in [0.4, 0.5) is 0 Å². The molecule has 1 heterocycles. The lowest BCUT2D eigenvalue weighted by atomic mass is 9.71. The zero-order valence-electron chi connectivity index (χ0n) is 10.4. The van der Waals surface area contributed by atoms with E-state index in [9.17, 15) is 4.79 Å². The van der Waals surface area contributed by atoms with Crippen LogP contribution >= 0.6 is 0 Å². The van der Waals surface area contributed by atoms with Crippen molar-refractivity contribution in [2.24, 2.45) is 35.0 Å². The number of rotatable bonds is 1. The molecule has 6 rings (SSSR count). The maximum atomic E-state index is 12.0. The van der Waals surface area contributed by atoms with Crippen LogP contribution in [-0.2, 0) is 14.3 Å². The summed E-state index contributed by atoms with van der Waals surface area (Å²) in [7, 11) is 1.49. The lowest BCUT2D eigenvalue weighted by Gasteiger charge is -2.31. The summed E-state index contributed by atoms with van der Waals surface area (Å²) < 4.78 is 10.7. The van der Waals surface area contributed by atoms with E-state index < -0.39 is 0 Å². The first-order valence-electron chi connectivity index (χ1n) is 6.86. The third-order valence-electron chi connectivity index (χ3n) is 6.17. The van der Waals surface area contributed by atoms with Crippen molar-refractivity contribution in [3.05, 3.63) is 23.3 Å². The second-order valence-electron chi connectivity index (χ2n) is 6.47. The molecule has 0 unspecified atom stereocenters. The van der Waals surface area contributed by atoms with E-state index in [4.69, 9.17) is 9.47 Å². The molecule has 3 nitrogen and oxygen atoms in total. The van der Waals surface area contributed by atoms with Crippen LogP contribution in [0.1, 0.15) is 6.42 Å². The number of hydrogen-bond donors (Lipinski definition) is 0. The zero-order chi connectivity index (χ0) is 12.1. The molecule has 0 aromatic heterocycles. The van der Waals surface area contributed by atoms with E-state index >= 15 is 0 Å². The molecule has 0 N–H and O–H groups in total. The molecule has 3 heteroatoms. The highest BCUT2D eigenvalue weighted by Gasteiger charge is 2.75. The molecule has 0 aromatic carbocycles. The third kappa shape index (κ3) is 0.804. The Morgan fingerprint density at radius 1 is 1.50 bits per heavy atom. The Bertz CT molecular complexity index is 532. The standard InChI is InChI=1S/C15H16O3/c1-17-14(16)11-3-9-10-4-12-8(11)2-7-5-18-6-15(7,12)13(9)10/h2-3,8-10,12-13H,4-6H2,1H3/t8-,9+,10-,12+,13-,15-/m0/s1. The SMILES string of the molecule is COC(=O)C1=C[C@@H]2[C@@H]3C[C@@H]4[C@H]1C=C1COC[C@]14[C@@H]23. The van der Waals surface area contributed by atoms with Gasteiger partial charge in [0.25, 0.3) is 0 Å². The van der Waals surface area contributed by atoms with Gasteiger partial charge in [-0.1, -0.05) is 12.2 Å². The molecule has 18 heavy (non-hydrogen) atoms. The second kappa shape index (κ2) is 2.74. The second-order valence-corrected chi connectivity index (χ2v) is 6.47. The maximum Gasteiger partial charge on any atom is 0.334 e. The molecule has 1 saturated heterocycles. The van der Waals surface area contributed by atoms with E-state index in [-0.39, 0.29) is 5.97 Å². The van der Waals surface area contributed by atoms with Crippen molar-refractivity contribution in [2.45, 2.75) is 6.42 Å². The van der Waals surface area contributed by atoms with E-state index in [1.54, 1.807) is 0 Å². The Balaban J connectivity index is 1.70. The average Bonchev–Trinajstić information content (AvgIpc) is 2.63. The Morgan fingerprint density at radius 3 is 3.22 bits per heavy atom. The minimum atomic E-state index is -0.119. The number of methoxy groups -OCH3 is 1. The lowest BCUT2D eigenvalue weighted by Crippen LogP contribution is -2.31. The fourth-order valence-corrected chi connectivity index (χ4v) is 5.57. The van der Waals surface area contributed by atoms with E-state index in [2.05, 4.69) is 12.2 Å². The van der Waals surface area contributed by atoms with Gasteiger partial charge in [-0.05, 0) is 35.7 Å². The molecular weight excluding hydrogens is 228 g/mol. The van der Waals surface area contributed by atoms with Crippen LogP contribution in [0.3, 0.4) is 0 Å². The molecule has 1 spiro atoms. The molecule has 0 aromatic rings. The minimum absolute atomic E-state index is 0.119. The van der Waals surface area contributed by atoms with Gasteiger partial charge in [-0.2, -0.15) is 0 Å². The fraction of sp³-hybridized carbons (Fsp3) is 0.667. The number of carbonyl (C=O) groups excluding carboxylic acids is 1. The summed E-state index contributed by atoms with van der Waals surface area (Å²) >= 11 is 0. The lowest BCUT2D eigenvalue weighted by molar-refractivity contribution is -0.136. The molecule has 6 aliphatic rings. The number of allylic oxidation sites excluding steroid dienone is 2. The highest BCUT2D eigenvalue weighted by atomic mass is 16.5. The molecule has 5 aliphatic carbocycles. The van der Waals surface area contributed by atoms with Gasteiger partial charge in [0.2, 0.25) is 0 Å². The summed E-state index contributed by atoms with van der Waals surface area (Å²) in [5.74, 6) is 2.97. The fourth-order valence-electron chi connectivity index (χ4n) is 5.57. The Morgan fingerprint density at radius 2 is 2.39 bits per heavy atom. The topological polar surface area (TPSA) is 35.5 Å². The number of ether oxygens (including phenoxy) is 2. The Kier molecular flexibility index (Phi) is 1.49. The minimum Gasteiger partial charge on any atom is -0.466 e. The first-order valence-corrected chi connectivity index (χ1v) is 6.86. The predicted molar refractivity (Wildman–Crippen MR) is 63.5 cm³/mol. The van der Waals surface area contributed by atoms with Crippen molar-refractivity contribution in [1.82, 2.24) is 0 Å². The van der Waals surface area contributed by atoms with Crippen LogP contribution in [-0.4, -0.2) is 26.3 Å². The summed E-state index contributed by atoms with van der Waals surface area (Å²) in [6.07, 6.45) is 5.83. The van der Waals surface area contributed by atoms with Crippen molar-refractivity contribution in [3.63, 3.8) is 0 Å². The highest BCUT2D eigenvalue weighted by molar-refractivity contribution is 5.90. The molecule has 94 valence electrons. The van der Waals surface area contributed by atoms with E-state index in [0.717, 1.165) is 30.6 Å². The van der Waals surface area contributed by atoms with Gasteiger partial charge in [0, 0.05) is 16.9 Å². The van der Waals surface area contributed by atoms with Crippen molar-refractivity contribution >= 4 is 5.97 Å². The number of hydrogen-bond acceptors (Lipinski definition) is 3. The molecule has 6 bridgehead atoms. The monoisotopic (exact) mass is 244 g/mol. The van der Waals surface area contributed by atoms with E-state index in [0.29, 0.717) is 23.2 Å². The third-order valence-corrected chi connectivity index (χ3v) is 6.17. The van der Waals surface area contributed by atoms with Gasteiger partial charge >= 0.3 is 5.97 Å². The van der Waals surface area contributed by atoms with Gasteiger partial charge in [-0.15, -0.1) is 0 Å². The van der Waals surface area contributed by atoms with Crippen LogP contribution < -0.4 is 0 Å². The molecule has 2 saturated carbocycles. The number of esters is 1. The summed E-state index contributed by atoms with van der Waals surface area (Å²) in [5.41, 5.74) is 2.71. The van der Waals surface area contributed by atoms with Gasteiger partial charge < -0.3 is 9.47 Å². The van der Waals surface area contributed by atoms with Gasteiger partial charge in [0.15, 0.2) is 0 Å². The Labute approximate surface area is 106 Å². The molecular formula is C15H16O3. The largest absolute Gasteiger partial charge is 0.466 e. The van der Waals surface area contributed by atoms with Crippen molar-refractivity contribution in [3.8, 4) is 0 Å². The highest BCUT2D eigenvalue weighted by Crippen LogP contribution is 2.78. The molecule has 6 atom stereocenters. The molecule has 1 aliphatic heterocycles. The average molecular weight is 244 g/mol. The van der Waals surface area contributed by atoms with E-state index in [1.807, 2.05) is 0 Å². The summed E-state index contributed by atoms with van der Waals surface area (Å²) in [4.78, 5) is 12.0. The van der Waals surface area contributed by atoms with Gasteiger partial charge in [-0.25, -0.2) is 4.79 Å². The van der Waals surface area contributed by atoms with Gasteiger partial charge in [-0.3, -0.25) is 0 Å².